The molecule has 6 heteroatoms. The van der Waals surface area contributed by atoms with Crippen LogP contribution in [0.15, 0.2) is 48.5 Å². The second-order valence-electron chi connectivity index (χ2n) is 7.28. The Balaban J connectivity index is 1.75. The van der Waals surface area contributed by atoms with Gasteiger partial charge < -0.3 is 19.1 Å². The van der Waals surface area contributed by atoms with Gasteiger partial charge in [-0.15, -0.1) is 0 Å². The number of aromatic carboxylic acids is 1. The van der Waals surface area contributed by atoms with Crippen molar-refractivity contribution in [1.82, 2.24) is 9.13 Å². The average Bonchev–Trinajstić information content (AvgIpc) is 3.18. The summed E-state index contributed by atoms with van der Waals surface area (Å²) in [5.41, 5.74) is 4.06. The van der Waals surface area contributed by atoms with Gasteiger partial charge in [0.25, 0.3) is 5.91 Å². The number of nitrogens with zero attached hydrogens (tertiary/aromatic N) is 3. The lowest BCUT2D eigenvalue weighted by Gasteiger charge is -2.29. The Labute approximate surface area is 161 Å². The topological polar surface area (TPSA) is 67.5 Å². The molecule has 4 aromatic rings. The fourth-order valence-electron chi connectivity index (χ4n) is 4.34. The van der Waals surface area contributed by atoms with Crippen molar-refractivity contribution >= 4 is 39.4 Å². The Morgan fingerprint density at radius 2 is 1.82 bits per heavy atom. The van der Waals surface area contributed by atoms with Crippen molar-refractivity contribution in [2.75, 3.05) is 11.4 Å². The number of benzene rings is 2. The van der Waals surface area contributed by atoms with E-state index >= 15 is 0 Å². The molecule has 5 rings (SSSR count). The molecule has 0 saturated heterocycles. The van der Waals surface area contributed by atoms with Crippen molar-refractivity contribution in [3.05, 3.63) is 65.5 Å². The largest absolute Gasteiger partial charge is 0.477 e. The van der Waals surface area contributed by atoms with E-state index in [9.17, 15) is 14.7 Å². The molecule has 2 aromatic carbocycles. The average molecular weight is 373 g/mol. The third-order valence-corrected chi connectivity index (χ3v) is 5.62. The lowest BCUT2D eigenvalue weighted by atomic mass is 10.1. The molecule has 0 saturated carbocycles. The minimum absolute atomic E-state index is 0.138. The zero-order valence-electron chi connectivity index (χ0n) is 15.6. The summed E-state index contributed by atoms with van der Waals surface area (Å²) in [6, 6.07) is 15.6. The van der Waals surface area contributed by atoms with Gasteiger partial charge in [0.2, 0.25) is 0 Å². The number of hydrogen-bond acceptors (Lipinski definition) is 2. The zero-order valence-corrected chi connectivity index (χ0v) is 15.6. The third kappa shape index (κ3) is 2.14. The number of fused-ring (bicyclic) bond motifs is 4. The maximum atomic E-state index is 13.4. The number of carbonyl (C=O) groups excluding carboxylic acids is 1. The summed E-state index contributed by atoms with van der Waals surface area (Å²) >= 11 is 0. The molecule has 0 atom stereocenters. The molecule has 28 heavy (non-hydrogen) atoms. The van der Waals surface area contributed by atoms with E-state index in [-0.39, 0.29) is 11.6 Å². The van der Waals surface area contributed by atoms with E-state index < -0.39 is 5.97 Å². The summed E-state index contributed by atoms with van der Waals surface area (Å²) in [5.74, 6) is -1.20. The van der Waals surface area contributed by atoms with Crippen molar-refractivity contribution in [2.24, 2.45) is 7.05 Å². The second kappa shape index (κ2) is 5.73. The van der Waals surface area contributed by atoms with Crippen LogP contribution in [0.3, 0.4) is 0 Å². The van der Waals surface area contributed by atoms with Crippen molar-refractivity contribution < 1.29 is 14.7 Å². The van der Waals surface area contributed by atoms with Crippen LogP contribution in [0, 0.1) is 6.92 Å². The Kier molecular flexibility index (Phi) is 3.40. The van der Waals surface area contributed by atoms with E-state index in [0.29, 0.717) is 24.5 Å². The third-order valence-electron chi connectivity index (χ3n) is 5.62. The Morgan fingerprint density at radius 1 is 1.04 bits per heavy atom. The highest BCUT2D eigenvalue weighted by atomic mass is 16.4. The van der Waals surface area contributed by atoms with Crippen LogP contribution >= 0.6 is 0 Å². The molecule has 0 bridgehead atoms. The van der Waals surface area contributed by atoms with E-state index in [4.69, 9.17) is 0 Å². The minimum Gasteiger partial charge on any atom is -0.477 e. The molecule has 1 aliphatic heterocycles. The fourth-order valence-corrected chi connectivity index (χ4v) is 4.34. The van der Waals surface area contributed by atoms with E-state index in [1.807, 2.05) is 60.0 Å². The van der Waals surface area contributed by atoms with E-state index in [2.05, 4.69) is 0 Å². The minimum atomic E-state index is -1.04. The van der Waals surface area contributed by atoms with Gasteiger partial charge in [-0.05, 0) is 31.2 Å². The summed E-state index contributed by atoms with van der Waals surface area (Å²) in [6.45, 7) is 3.01. The fraction of sp³-hybridized carbons (Fsp3) is 0.182. The van der Waals surface area contributed by atoms with Gasteiger partial charge in [-0.25, -0.2) is 4.79 Å². The number of aryl methyl sites for hydroxylation is 2. The van der Waals surface area contributed by atoms with E-state index in [1.54, 1.807) is 16.5 Å². The molecular weight excluding hydrogens is 354 g/mol. The first-order valence-corrected chi connectivity index (χ1v) is 9.20. The molecule has 6 nitrogen and oxygen atoms in total. The van der Waals surface area contributed by atoms with Crippen LogP contribution in [-0.2, 0) is 13.6 Å². The molecule has 0 radical (unpaired) electrons. The van der Waals surface area contributed by atoms with Gasteiger partial charge in [0.1, 0.15) is 5.69 Å². The molecule has 1 N–H and O–H groups in total. The Bertz CT molecular complexity index is 1300. The number of rotatable bonds is 2. The van der Waals surface area contributed by atoms with Crippen molar-refractivity contribution in [3.8, 4) is 0 Å². The lowest BCUT2D eigenvalue weighted by Crippen LogP contribution is -2.40. The molecular formula is C22H19N3O3. The molecule has 0 spiro atoms. The van der Waals surface area contributed by atoms with Gasteiger partial charge in [0, 0.05) is 36.4 Å². The molecule has 0 aliphatic carbocycles. The predicted octanol–water partition coefficient (Wildman–Crippen LogP) is 3.80. The molecule has 1 amide bonds. The maximum absolute atomic E-state index is 13.4. The number of amides is 1. The van der Waals surface area contributed by atoms with E-state index in [0.717, 1.165) is 27.4 Å². The molecule has 0 fully saturated rings. The van der Waals surface area contributed by atoms with Gasteiger partial charge >= 0.3 is 5.97 Å². The van der Waals surface area contributed by atoms with Crippen molar-refractivity contribution in [3.63, 3.8) is 0 Å². The van der Waals surface area contributed by atoms with Crippen LogP contribution < -0.4 is 4.90 Å². The Morgan fingerprint density at radius 3 is 2.61 bits per heavy atom. The molecule has 3 heterocycles. The highest BCUT2D eigenvalue weighted by Crippen LogP contribution is 2.37. The molecule has 0 unspecified atom stereocenters. The van der Waals surface area contributed by atoms with Gasteiger partial charge in [-0.2, -0.15) is 0 Å². The second-order valence-corrected chi connectivity index (χ2v) is 7.28. The predicted molar refractivity (Wildman–Crippen MR) is 108 cm³/mol. The first-order chi connectivity index (χ1) is 13.5. The van der Waals surface area contributed by atoms with Crippen LogP contribution in [-0.4, -0.2) is 32.7 Å². The van der Waals surface area contributed by atoms with Gasteiger partial charge in [-0.1, -0.05) is 29.8 Å². The van der Waals surface area contributed by atoms with Gasteiger partial charge in [0.05, 0.1) is 11.2 Å². The smallest absolute Gasteiger partial charge is 0.354 e. The highest BCUT2D eigenvalue weighted by molar-refractivity contribution is 6.17. The summed E-state index contributed by atoms with van der Waals surface area (Å²) in [6.07, 6.45) is 0. The molecule has 1 aliphatic rings. The molecule has 2 aromatic heterocycles. The standard InChI is InChI=1S/C22H19N3O3/c1-13-7-8-17-15(11-13)19(20(22(27)28)23(17)2)25-10-9-24-16-6-4-3-5-14(16)12-18(24)21(25)26/h3-8,11-12H,9-10H2,1-2H3,(H,27,28). The lowest BCUT2D eigenvalue weighted by molar-refractivity contribution is 0.0688. The summed E-state index contributed by atoms with van der Waals surface area (Å²) in [5, 5.41) is 11.7. The van der Waals surface area contributed by atoms with Crippen LogP contribution in [0.25, 0.3) is 21.8 Å². The number of anilines is 1. The summed E-state index contributed by atoms with van der Waals surface area (Å²) in [7, 11) is 1.73. The van der Waals surface area contributed by atoms with Crippen LogP contribution in [0.1, 0.15) is 26.5 Å². The zero-order chi connectivity index (χ0) is 19.6. The Hall–Kier alpha value is -3.54. The maximum Gasteiger partial charge on any atom is 0.354 e. The number of carboxylic acids is 1. The van der Waals surface area contributed by atoms with Gasteiger partial charge in [0.15, 0.2) is 5.69 Å². The first kappa shape index (κ1) is 16.6. The number of hydrogen-bond donors (Lipinski definition) is 1. The van der Waals surface area contributed by atoms with Crippen molar-refractivity contribution in [1.29, 1.82) is 0 Å². The van der Waals surface area contributed by atoms with Crippen molar-refractivity contribution in [2.45, 2.75) is 13.5 Å². The molecule has 140 valence electrons. The first-order valence-electron chi connectivity index (χ1n) is 9.20. The van der Waals surface area contributed by atoms with E-state index in [1.165, 1.54) is 0 Å². The normalized spacial score (nSPS) is 14.1. The van der Waals surface area contributed by atoms with Crippen LogP contribution in [0.5, 0.6) is 0 Å². The SMILES string of the molecule is Cc1ccc2c(c1)c(N1CCn3c(cc4ccccc43)C1=O)c(C(=O)O)n2C. The van der Waals surface area contributed by atoms with Crippen LogP contribution in [0.2, 0.25) is 0 Å². The summed E-state index contributed by atoms with van der Waals surface area (Å²) in [4.78, 5) is 27.1. The highest BCUT2D eigenvalue weighted by Gasteiger charge is 2.33. The number of carbonyl (C=O) groups is 2. The number of aromatic nitrogens is 2. The summed E-state index contributed by atoms with van der Waals surface area (Å²) < 4.78 is 3.68. The van der Waals surface area contributed by atoms with Gasteiger partial charge in [-0.3, -0.25) is 4.79 Å². The number of carboxylic acid groups (broad SMARTS) is 1. The van der Waals surface area contributed by atoms with Crippen LogP contribution in [0.4, 0.5) is 5.69 Å². The quantitative estimate of drug-likeness (QED) is 0.581. The number of para-hydroxylation sites is 1. The monoisotopic (exact) mass is 373 g/mol.